The largest absolute Gasteiger partial charge is 0.462 e. The first kappa shape index (κ1) is 42.1. The van der Waals surface area contributed by atoms with Gasteiger partial charge in [-0.25, -0.2) is 19.2 Å². The Morgan fingerprint density at radius 1 is 0.873 bits per heavy atom. The van der Waals surface area contributed by atoms with Crippen LogP contribution in [0.1, 0.15) is 108 Å². The van der Waals surface area contributed by atoms with E-state index in [4.69, 9.17) is 23.9 Å². The predicted octanol–water partition coefficient (Wildman–Crippen LogP) is 6.95. The summed E-state index contributed by atoms with van der Waals surface area (Å²) in [6, 6.07) is 3.33. The third-order valence-corrected chi connectivity index (χ3v) is 7.79. The van der Waals surface area contributed by atoms with Crippen LogP contribution in [0.4, 0.5) is 20.1 Å². The van der Waals surface area contributed by atoms with Crippen LogP contribution in [0.15, 0.2) is 18.3 Å². The molecule has 0 aromatic carbocycles. The minimum atomic E-state index is -0.850. The van der Waals surface area contributed by atoms with Gasteiger partial charge in [0.15, 0.2) is 0 Å². The smallest absolute Gasteiger partial charge is 0.435 e. The molecule has 0 radical (unpaired) electrons. The maximum atomic E-state index is 13.7. The molecule has 0 saturated heterocycles. The van der Waals surface area contributed by atoms with Crippen molar-refractivity contribution in [2.24, 2.45) is 0 Å². The number of esters is 1. The monoisotopic (exact) mass is 763 g/mol. The van der Waals surface area contributed by atoms with Gasteiger partial charge in [-0.05, 0) is 101 Å². The van der Waals surface area contributed by atoms with Gasteiger partial charge in [0.25, 0.3) is 5.91 Å². The van der Waals surface area contributed by atoms with Gasteiger partial charge >= 0.3 is 24.2 Å². The fourth-order valence-electron chi connectivity index (χ4n) is 5.46. The molecule has 3 aromatic heterocycles. The van der Waals surface area contributed by atoms with E-state index in [9.17, 15) is 24.0 Å². The number of amides is 3. The van der Waals surface area contributed by atoms with Gasteiger partial charge in [0.2, 0.25) is 0 Å². The van der Waals surface area contributed by atoms with Gasteiger partial charge in [0.1, 0.15) is 16.8 Å². The molecular formula is C39H53N7O9. The molecule has 4 rings (SSSR count). The normalized spacial score (nSPS) is 13.6. The van der Waals surface area contributed by atoms with Gasteiger partial charge in [-0.2, -0.15) is 9.78 Å². The lowest BCUT2D eigenvalue weighted by molar-refractivity contribution is -0.110. The SMILES string of the molecule is CCOC(=O)c1cc(C)[nH]c1/C=C1\C(=O)Nc2c1cc(-c1cn(C(=O)OC(C)(C)C)nc1CN(CCN(C)C(=O)OC(C)(C)C)C(=O)OC(C)(C)C)nc2C. The lowest BCUT2D eigenvalue weighted by Gasteiger charge is -2.29. The molecule has 0 saturated carbocycles. The Balaban J connectivity index is 1.83. The number of rotatable bonds is 9. The van der Waals surface area contributed by atoms with Crippen LogP contribution in [0.3, 0.4) is 0 Å². The molecule has 1 aliphatic rings. The maximum Gasteiger partial charge on any atom is 0.435 e. The topological polar surface area (TPSA) is 187 Å². The van der Waals surface area contributed by atoms with Gasteiger partial charge in [-0.3, -0.25) is 9.78 Å². The number of likely N-dealkylation sites (N-methyl/N-ethyl adjacent to an activating group) is 1. The zero-order chi connectivity index (χ0) is 41.2. The van der Waals surface area contributed by atoms with Crippen LogP contribution < -0.4 is 5.32 Å². The summed E-state index contributed by atoms with van der Waals surface area (Å²) in [5.41, 5.74) is 1.62. The standard InChI is InChI=1S/C39H53N7O9/c1-14-52-33(48)26-17-22(2)40-28(26)19-25-24-18-29(41-23(3)31(24)42-32(25)47)27-20-46(36(51)55-39(10,11)12)43-30(27)21-45(35(50)54-38(7,8)9)16-15-44(13)34(49)53-37(4,5)6/h17-20,40H,14-16,21H2,1-13H3,(H,42,47)/b25-19-. The van der Waals surface area contributed by atoms with E-state index in [1.807, 2.05) is 0 Å². The van der Waals surface area contributed by atoms with Crippen molar-refractivity contribution in [3.05, 3.63) is 52.2 Å². The number of pyridine rings is 1. The van der Waals surface area contributed by atoms with E-state index < -0.39 is 47.0 Å². The minimum Gasteiger partial charge on any atom is -0.462 e. The molecule has 3 aromatic rings. The van der Waals surface area contributed by atoms with Crippen molar-refractivity contribution in [1.29, 1.82) is 0 Å². The molecule has 0 atom stereocenters. The first-order chi connectivity index (χ1) is 25.4. The number of aromatic amines is 1. The molecular weight excluding hydrogens is 710 g/mol. The van der Waals surface area contributed by atoms with Gasteiger partial charge in [-0.15, -0.1) is 0 Å². The summed E-state index contributed by atoms with van der Waals surface area (Å²) in [5.74, 6) is -0.941. The molecule has 298 valence electrons. The van der Waals surface area contributed by atoms with Crippen molar-refractivity contribution in [3.63, 3.8) is 0 Å². The average Bonchev–Trinajstić information content (AvgIpc) is 3.72. The first-order valence-electron chi connectivity index (χ1n) is 18.0. The molecule has 0 fully saturated rings. The summed E-state index contributed by atoms with van der Waals surface area (Å²) in [7, 11) is 1.56. The number of carbonyl (C=O) groups excluding carboxylic acids is 5. The van der Waals surface area contributed by atoms with Crippen LogP contribution in [-0.2, 0) is 30.3 Å². The van der Waals surface area contributed by atoms with Crippen molar-refractivity contribution < 1.29 is 42.9 Å². The van der Waals surface area contributed by atoms with Gasteiger partial charge in [0, 0.05) is 43.2 Å². The zero-order valence-corrected chi connectivity index (χ0v) is 34.0. The van der Waals surface area contributed by atoms with Crippen LogP contribution in [0.5, 0.6) is 0 Å². The Labute approximate surface area is 321 Å². The van der Waals surface area contributed by atoms with Crippen LogP contribution in [0, 0.1) is 13.8 Å². The van der Waals surface area contributed by atoms with Crippen molar-refractivity contribution in [2.45, 2.75) is 106 Å². The van der Waals surface area contributed by atoms with E-state index in [-0.39, 0.29) is 43.1 Å². The Bertz CT molecular complexity index is 2010. The van der Waals surface area contributed by atoms with Crippen LogP contribution in [0.2, 0.25) is 0 Å². The lowest BCUT2D eigenvalue weighted by Crippen LogP contribution is -2.43. The van der Waals surface area contributed by atoms with E-state index in [1.165, 1.54) is 16.0 Å². The number of nitrogens with zero attached hydrogens (tertiary/aromatic N) is 5. The quantitative estimate of drug-likeness (QED) is 0.130. The first-order valence-corrected chi connectivity index (χ1v) is 18.0. The number of H-pyrrole nitrogens is 1. The predicted molar refractivity (Wildman–Crippen MR) is 205 cm³/mol. The fraction of sp³-hybridized carbons (Fsp3) is 0.513. The highest BCUT2D eigenvalue weighted by atomic mass is 16.6. The molecule has 3 amide bonds. The number of aromatic nitrogens is 4. The van der Waals surface area contributed by atoms with E-state index in [1.54, 1.807) is 108 Å². The molecule has 55 heavy (non-hydrogen) atoms. The number of hydrogen-bond acceptors (Lipinski definition) is 11. The molecule has 0 spiro atoms. The number of carbonyl (C=O) groups is 5. The van der Waals surface area contributed by atoms with Gasteiger partial charge in [0.05, 0.1) is 52.8 Å². The van der Waals surface area contributed by atoms with Gasteiger partial charge < -0.3 is 39.0 Å². The number of anilines is 1. The Morgan fingerprint density at radius 3 is 2.09 bits per heavy atom. The Kier molecular flexibility index (Phi) is 12.2. The van der Waals surface area contributed by atoms with Crippen molar-refractivity contribution in [1.82, 2.24) is 29.5 Å². The number of nitrogens with one attached hydrogen (secondary N) is 2. The van der Waals surface area contributed by atoms with Crippen molar-refractivity contribution in [3.8, 4) is 11.3 Å². The third-order valence-electron chi connectivity index (χ3n) is 7.79. The maximum absolute atomic E-state index is 13.7. The highest BCUT2D eigenvalue weighted by Crippen LogP contribution is 2.38. The summed E-state index contributed by atoms with van der Waals surface area (Å²) in [5, 5.41) is 7.44. The second kappa shape index (κ2) is 16.0. The molecule has 16 nitrogen and oxygen atoms in total. The number of aryl methyl sites for hydroxylation is 2. The number of ether oxygens (including phenoxy) is 4. The van der Waals surface area contributed by atoms with E-state index in [2.05, 4.69) is 15.4 Å². The third kappa shape index (κ3) is 11.0. The summed E-state index contributed by atoms with van der Waals surface area (Å²) in [6.45, 7) is 21.0. The van der Waals surface area contributed by atoms with E-state index in [0.717, 1.165) is 4.68 Å². The summed E-state index contributed by atoms with van der Waals surface area (Å²) >= 11 is 0. The minimum absolute atomic E-state index is 0.0176. The fourth-order valence-corrected chi connectivity index (χ4v) is 5.46. The molecule has 0 bridgehead atoms. The summed E-state index contributed by atoms with van der Waals surface area (Å²) < 4.78 is 23.1. The van der Waals surface area contributed by atoms with Crippen molar-refractivity contribution in [2.75, 3.05) is 32.1 Å². The average molecular weight is 764 g/mol. The zero-order valence-electron chi connectivity index (χ0n) is 34.0. The molecule has 0 unspecified atom stereocenters. The summed E-state index contributed by atoms with van der Waals surface area (Å²) in [4.78, 5) is 76.6. The second-order valence-corrected chi connectivity index (χ2v) is 16.2. The van der Waals surface area contributed by atoms with Crippen LogP contribution >= 0.6 is 0 Å². The highest BCUT2D eigenvalue weighted by molar-refractivity contribution is 6.35. The molecule has 16 heteroatoms. The van der Waals surface area contributed by atoms with Gasteiger partial charge in [-0.1, -0.05) is 0 Å². The Morgan fingerprint density at radius 2 is 1.49 bits per heavy atom. The molecule has 4 heterocycles. The van der Waals surface area contributed by atoms with Crippen LogP contribution in [0.25, 0.3) is 22.9 Å². The second-order valence-electron chi connectivity index (χ2n) is 16.2. The van der Waals surface area contributed by atoms with E-state index >= 15 is 0 Å². The number of fused-ring (bicyclic) bond motifs is 1. The highest BCUT2D eigenvalue weighted by Gasteiger charge is 2.32. The Hall–Kier alpha value is -5.67. The summed E-state index contributed by atoms with van der Waals surface area (Å²) in [6.07, 6.45) is 1.02. The lowest BCUT2D eigenvalue weighted by atomic mass is 10.0. The molecule has 1 aliphatic heterocycles. The van der Waals surface area contributed by atoms with Crippen molar-refractivity contribution >= 4 is 47.5 Å². The number of hydrogen-bond donors (Lipinski definition) is 2. The van der Waals surface area contributed by atoms with Crippen LogP contribution in [-0.4, -0.2) is 103 Å². The molecule has 2 N–H and O–H groups in total. The van der Waals surface area contributed by atoms with E-state index in [0.29, 0.717) is 39.6 Å². The molecule has 0 aliphatic carbocycles.